The Kier molecular flexibility index (Phi) is 3.75. The van der Waals surface area contributed by atoms with Crippen molar-refractivity contribution in [1.82, 2.24) is 0 Å². The molecule has 76 valence electrons. The van der Waals surface area contributed by atoms with Gasteiger partial charge < -0.3 is 5.73 Å². The van der Waals surface area contributed by atoms with Gasteiger partial charge in [0, 0.05) is 11.3 Å². The third-order valence-electron chi connectivity index (χ3n) is 2.63. The van der Waals surface area contributed by atoms with Crippen molar-refractivity contribution in [3.63, 3.8) is 0 Å². The molecule has 0 saturated carbocycles. The standard InChI is InChI=1S/C13H19N/c1-4-7-10(2)11(3)12-8-5-6-9-13(12)14/h5-6,8-9H,4,7,14H2,1-3H3/b11-10+. The molecule has 1 heteroatoms. The summed E-state index contributed by atoms with van der Waals surface area (Å²) in [6.45, 7) is 6.53. The van der Waals surface area contributed by atoms with Crippen molar-refractivity contribution in [1.29, 1.82) is 0 Å². The first-order valence-electron chi connectivity index (χ1n) is 5.18. The fourth-order valence-corrected chi connectivity index (χ4v) is 1.63. The summed E-state index contributed by atoms with van der Waals surface area (Å²) in [5.74, 6) is 0. The minimum atomic E-state index is 0.875. The lowest BCUT2D eigenvalue weighted by Gasteiger charge is -2.09. The lowest BCUT2D eigenvalue weighted by Crippen LogP contribution is -1.93. The molecule has 1 aromatic rings. The second-order valence-corrected chi connectivity index (χ2v) is 3.74. The van der Waals surface area contributed by atoms with Gasteiger partial charge in [-0.15, -0.1) is 0 Å². The van der Waals surface area contributed by atoms with E-state index in [1.54, 1.807) is 0 Å². The SMILES string of the molecule is CCC/C(C)=C(\C)c1ccccc1N. The minimum absolute atomic E-state index is 0.875. The molecule has 0 saturated heterocycles. The van der Waals surface area contributed by atoms with Gasteiger partial charge in [0.25, 0.3) is 0 Å². The van der Waals surface area contributed by atoms with Crippen molar-refractivity contribution in [2.45, 2.75) is 33.6 Å². The van der Waals surface area contributed by atoms with E-state index in [2.05, 4.69) is 26.8 Å². The maximum Gasteiger partial charge on any atom is 0.0390 e. The normalized spacial score (nSPS) is 12.5. The average molecular weight is 189 g/mol. The van der Waals surface area contributed by atoms with Gasteiger partial charge in [-0.25, -0.2) is 0 Å². The summed E-state index contributed by atoms with van der Waals surface area (Å²) >= 11 is 0. The molecule has 0 spiro atoms. The maximum atomic E-state index is 5.92. The Labute approximate surface area is 86.6 Å². The number of benzene rings is 1. The van der Waals surface area contributed by atoms with Crippen LogP contribution in [-0.2, 0) is 0 Å². The monoisotopic (exact) mass is 189 g/mol. The van der Waals surface area contributed by atoms with Crippen molar-refractivity contribution in [3.8, 4) is 0 Å². The molecule has 0 unspecified atom stereocenters. The van der Waals surface area contributed by atoms with Crippen LogP contribution in [0.25, 0.3) is 5.57 Å². The lowest BCUT2D eigenvalue weighted by molar-refractivity contribution is 0.906. The summed E-state index contributed by atoms with van der Waals surface area (Å²) in [6, 6.07) is 8.05. The lowest BCUT2D eigenvalue weighted by atomic mass is 9.98. The van der Waals surface area contributed by atoms with Gasteiger partial charge in [0.2, 0.25) is 0 Å². The Balaban J connectivity index is 3.05. The average Bonchev–Trinajstić information content (AvgIpc) is 2.18. The van der Waals surface area contributed by atoms with Crippen molar-refractivity contribution in [2.75, 3.05) is 5.73 Å². The van der Waals surface area contributed by atoms with Crippen molar-refractivity contribution in [2.24, 2.45) is 0 Å². The zero-order chi connectivity index (χ0) is 10.6. The molecule has 0 atom stereocenters. The van der Waals surface area contributed by atoms with Crippen LogP contribution >= 0.6 is 0 Å². The highest BCUT2D eigenvalue weighted by Crippen LogP contribution is 2.25. The third-order valence-corrected chi connectivity index (χ3v) is 2.63. The fourth-order valence-electron chi connectivity index (χ4n) is 1.63. The van der Waals surface area contributed by atoms with Gasteiger partial charge in [0.15, 0.2) is 0 Å². The Morgan fingerprint density at radius 3 is 2.43 bits per heavy atom. The van der Waals surface area contributed by atoms with Crippen molar-refractivity contribution < 1.29 is 0 Å². The molecule has 0 radical (unpaired) electrons. The highest BCUT2D eigenvalue weighted by molar-refractivity contribution is 5.75. The van der Waals surface area contributed by atoms with E-state index in [1.165, 1.54) is 23.1 Å². The number of anilines is 1. The number of hydrogen-bond donors (Lipinski definition) is 1. The van der Waals surface area contributed by atoms with Gasteiger partial charge in [-0.1, -0.05) is 37.1 Å². The van der Waals surface area contributed by atoms with E-state index in [4.69, 9.17) is 5.73 Å². The van der Waals surface area contributed by atoms with Crippen LogP contribution in [0.1, 0.15) is 39.2 Å². The van der Waals surface area contributed by atoms with Gasteiger partial charge in [-0.2, -0.15) is 0 Å². The smallest absolute Gasteiger partial charge is 0.0390 e. The molecule has 1 nitrogen and oxygen atoms in total. The first-order chi connectivity index (χ1) is 6.66. The molecule has 0 amide bonds. The summed E-state index contributed by atoms with van der Waals surface area (Å²) in [7, 11) is 0. The summed E-state index contributed by atoms with van der Waals surface area (Å²) in [5.41, 5.74) is 10.7. The van der Waals surface area contributed by atoms with E-state index >= 15 is 0 Å². The third kappa shape index (κ3) is 2.38. The van der Waals surface area contributed by atoms with Crippen molar-refractivity contribution >= 4 is 11.3 Å². The van der Waals surface area contributed by atoms with Crippen LogP contribution in [0.4, 0.5) is 5.69 Å². The molecule has 0 fully saturated rings. The minimum Gasteiger partial charge on any atom is -0.398 e. The van der Waals surface area contributed by atoms with Crippen LogP contribution in [0.15, 0.2) is 29.8 Å². The molecule has 1 rings (SSSR count). The molecule has 0 aromatic heterocycles. The molecule has 0 aliphatic rings. The van der Waals surface area contributed by atoms with Gasteiger partial charge in [0.1, 0.15) is 0 Å². The van der Waals surface area contributed by atoms with Crippen LogP contribution in [-0.4, -0.2) is 0 Å². The quantitative estimate of drug-likeness (QED) is 0.718. The summed E-state index contributed by atoms with van der Waals surface area (Å²) in [5, 5.41) is 0. The Hall–Kier alpha value is -1.24. The number of rotatable bonds is 3. The topological polar surface area (TPSA) is 26.0 Å². The van der Waals surface area contributed by atoms with Gasteiger partial charge >= 0.3 is 0 Å². The van der Waals surface area contributed by atoms with Crippen LogP contribution < -0.4 is 5.73 Å². The van der Waals surface area contributed by atoms with E-state index in [0.29, 0.717) is 0 Å². The van der Waals surface area contributed by atoms with Crippen LogP contribution in [0, 0.1) is 0 Å². The predicted octanol–water partition coefficient (Wildman–Crippen LogP) is 3.86. The number of para-hydroxylation sites is 1. The first kappa shape index (κ1) is 10.8. The van der Waals surface area contributed by atoms with E-state index in [0.717, 1.165) is 12.1 Å². The molecule has 0 aliphatic carbocycles. The van der Waals surface area contributed by atoms with E-state index in [9.17, 15) is 0 Å². The number of nitrogen functional groups attached to an aromatic ring is 1. The molecular weight excluding hydrogens is 170 g/mol. The van der Waals surface area contributed by atoms with Crippen molar-refractivity contribution in [3.05, 3.63) is 35.4 Å². The Bertz CT molecular complexity index is 337. The van der Waals surface area contributed by atoms with Crippen LogP contribution in [0.2, 0.25) is 0 Å². The van der Waals surface area contributed by atoms with E-state index in [-0.39, 0.29) is 0 Å². The molecule has 1 aromatic carbocycles. The fraction of sp³-hybridized carbons (Fsp3) is 0.385. The second-order valence-electron chi connectivity index (χ2n) is 3.74. The van der Waals surface area contributed by atoms with E-state index < -0.39 is 0 Å². The first-order valence-corrected chi connectivity index (χ1v) is 5.18. The van der Waals surface area contributed by atoms with Crippen LogP contribution in [0.5, 0.6) is 0 Å². The predicted molar refractivity (Wildman–Crippen MR) is 64.0 cm³/mol. The zero-order valence-corrected chi connectivity index (χ0v) is 9.30. The van der Waals surface area contributed by atoms with Crippen LogP contribution in [0.3, 0.4) is 0 Å². The molecule has 2 N–H and O–H groups in total. The number of hydrogen-bond acceptors (Lipinski definition) is 1. The number of nitrogens with two attached hydrogens (primary N) is 1. The second kappa shape index (κ2) is 4.85. The largest absolute Gasteiger partial charge is 0.398 e. The zero-order valence-electron chi connectivity index (χ0n) is 9.30. The summed E-state index contributed by atoms with van der Waals surface area (Å²) in [6.07, 6.45) is 2.34. The van der Waals surface area contributed by atoms with Gasteiger partial charge in [0.05, 0.1) is 0 Å². The highest BCUT2D eigenvalue weighted by Gasteiger charge is 2.02. The summed E-state index contributed by atoms with van der Waals surface area (Å²) < 4.78 is 0. The highest BCUT2D eigenvalue weighted by atomic mass is 14.6. The van der Waals surface area contributed by atoms with Gasteiger partial charge in [-0.3, -0.25) is 0 Å². The maximum absolute atomic E-state index is 5.92. The molecule has 0 bridgehead atoms. The van der Waals surface area contributed by atoms with Gasteiger partial charge in [-0.05, 0) is 31.9 Å². The molecule has 14 heavy (non-hydrogen) atoms. The Morgan fingerprint density at radius 2 is 1.86 bits per heavy atom. The Morgan fingerprint density at radius 1 is 1.21 bits per heavy atom. The number of allylic oxidation sites excluding steroid dienone is 2. The van der Waals surface area contributed by atoms with E-state index in [1.807, 2.05) is 18.2 Å². The summed E-state index contributed by atoms with van der Waals surface area (Å²) in [4.78, 5) is 0. The molecular formula is C13H19N. The molecule has 0 aliphatic heterocycles. The molecule has 0 heterocycles.